The number of rotatable bonds is 0. The Morgan fingerprint density at radius 2 is 2.38 bits per heavy atom. The van der Waals surface area contributed by atoms with Gasteiger partial charge in [-0.25, -0.2) is 4.98 Å². The summed E-state index contributed by atoms with van der Waals surface area (Å²) in [6, 6.07) is 0. The molecule has 0 saturated carbocycles. The molecule has 0 bridgehead atoms. The van der Waals surface area contributed by atoms with E-state index in [-0.39, 0.29) is 0 Å². The van der Waals surface area contributed by atoms with E-state index in [9.17, 15) is 4.39 Å². The predicted octanol–water partition coefficient (Wildman–Crippen LogP) is 0.868. The van der Waals surface area contributed by atoms with Crippen molar-refractivity contribution in [3.8, 4) is 0 Å². The SMILES string of the molecule is Cc1cnc(F)n1C. The van der Waals surface area contributed by atoms with Crippen molar-refractivity contribution in [2.24, 2.45) is 7.05 Å². The van der Waals surface area contributed by atoms with E-state index >= 15 is 0 Å². The van der Waals surface area contributed by atoms with E-state index in [4.69, 9.17) is 0 Å². The van der Waals surface area contributed by atoms with Gasteiger partial charge in [-0.05, 0) is 6.92 Å². The van der Waals surface area contributed by atoms with Crippen LogP contribution in [-0.4, -0.2) is 9.55 Å². The Morgan fingerprint density at radius 3 is 2.50 bits per heavy atom. The summed E-state index contributed by atoms with van der Waals surface area (Å²) < 4.78 is 13.6. The minimum absolute atomic E-state index is 0.428. The zero-order valence-corrected chi connectivity index (χ0v) is 4.85. The molecule has 0 fully saturated rings. The van der Waals surface area contributed by atoms with Crippen LogP contribution >= 0.6 is 0 Å². The average molecular weight is 114 g/mol. The highest BCUT2D eigenvalue weighted by atomic mass is 19.1. The van der Waals surface area contributed by atoms with Crippen molar-refractivity contribution in [2.75, 3.05) is 0 Å². The zero-order valence-electron chi connectivity index (χ0n) is 4.85. The van der Waals surface area contributed by atoms with E-state index in [1.807, 2.05) is 0 Å². The summed E-state index contributed by atoms with van der Waals surface area (Å²) in [5.41, 5.74) is 0.836. The molecule has 0 aromatic carbocycles. The van der Waals surface area contributed by atoms with Crippen LogP contribution < -0.4 is 0 Å². The van der Waals surface area contributed by atoms with E-state index in [0.29, 0.717) is 0 Å². The summed E-state index contributed by atoms with van der Waals surface area (Å²) in [6.07, 6.45) is 1.07. The summed E-state index contributed by atoms with van der Waals surface area (Å²) in [6.45, 7) is 1.80. The molecule has 0 amide bonds. The van der Waals surface area contributed by atoms with Gasteiger partial charge in [-0.3, -0.25) is 0 Å². The second kappa shape index (κ2) is 1.58. The number of imidazole rings is 1. The highest BCUT2D eigenvalue weighted by Crippen LogP contribution is 1.96. The molecule has 0 saturated heterocycles. The predicted molar refractivity (Wildman–Crippen MR) is 27.9 cm³/mol. The van der Waals surface area contributed by atoms with E-state index in [1.54, 1.807) is 14.0 Å². The van der Waals surface area contributed by atoms with Gasteiger partial charge in [0, 0.05) is 12.7 Å². The quantitative estimate of drug-likeness (QED) is 0.489. The van der Waals surface area contributed by atoms with Crippen LogP contribution in [0.15, 0.2) is 6.20 Å². The van der Waals surface area contributed by atoms with Crippen molar-refractivity contribution >= 4 is 0 Å². The Labute approximate surface area is 47.0 Å². The van der Waals surface area contributed by atoms with Crippen LogP contribution in [0.5, 0.6) is 0 Å². The molecule has 2 nitrogen and oxygen atoms in total. The lowest BCUT2D eigenvalue weighted by Gasteiger charge is -1.90. The third kappa shape index (κ3) is 0.598. The maximum absolute atomic E-state index is 12.2. The van der Waals surface area contributed by atoms with Gasteiger partial charge >= 0.3 is 0 Å². The Hall–Kier alpha value is -0.860. The van der Waals surface area contributed by atoms with Crippen LogP contribution in [0.2, 0.25) is 0 Å². The van der Waals surface area contributed by atoms with Crippen LogP contribution in [0, 0.1) is 13.0 Å². The van der Waals surface area contributed by atoms with Gasteiger partial charge < -0.3 is 4.57 Å². The summed E-state index contributed by atoms with van der Waals surface area (Å²) in [5.74, 6) is 0. The molecule has 0 aliphatic carbocycles. The van der Waals surface area contributed by atoms with Crippen LogP contribution in [0.3, 0.4) is 0 Å². The molecule has 1 rings (SSSR count). The van der Waals surface area contributed by atoms with Crippen molar-refractivity contribution < 1.29 is 4.39 Å². The Balaban J connectivity index is 3.19. The molecule has 0 spiro atoms. The Morgan fingerprint density at radius 1 is 1.75 bits per heavy atom. The first-order valence-electron chi connectivity index (χ1n) is 2.35. The van der Waals surface area contributed by atoms with Gasteiger partial charge in [0.25, 0.3) is 6.08 Å². The summed E-state index contributed by atoms with van der Waals surface area (Å²) in [5, 5.41) is 0. The van der Waals surface area contributed by atoms with Crippen LogP contribution in [0.25, 0.3) is 0 Å². The standard InChI is InChI=1S/C5H7FN2/c1-4-3-7-5(6)8(4)2/h3H,1-2H3. The second-order valence-corrected chi connectivity index (χ2v) is 1.73. The van der Waals surface area contributed by atoms with Gasteiger partial charge in [-0.2, -0.15) is 4.39 Å². The number of hydrogen-bond acceptors (Lipinski definition) is 1. The molecule has 1 aromatic heterocycles. The fourth-order valence-electron chi connectivity index (χ4n) is 0.465. The number of aromatic nitrogens is 2. The van der Waals surface area contributed by atoms with Gasteiger partial charge in [-0.15, -0.1) is 0 Å². The van der Waals surface area contributed by atoms with Gasteiger partial charge in [0.1, 0.15) is 0 Å². The first-order chi connectivity index (χ1) is 3.72. The van der Waals surface area contributed by atoms with Gasteiger partial charge in [0.2, 0.25) is 0 Å². The van der Waals surface area contributed by atoms with Crippen molar-refractivity contribution in [2.45, 2.75) is 6.92 Å². The molecule has 3 heteroatoms. The third-order valence-corrected chi connectivity index (χ3v) is 1.16. The third-order valence-electron chi connectivity index (χ3n) is 1.16. The highest BCUT2D eigenvalue weighted by Gasteiger charge is 1.97. The maximum Gasteiger partial charge on any atom is 0.289 e. The minimum Gasteiger partial charge on any atom is -0.308 e. The van der Waals surface area contributed by atoms with Crippen LogP contribution in [0.1, 0.15) is 5.69 Å². The van der Waals surface area contributed by atoms with Crippen molar-refractivity contribution in [1.29, 1.82) is 0 Å². The number of nitrogens with zero attached hydrogens (tertiary/aromatic N) is 2. The lowest BCUT2D eigenvalue weighted by molar-refractivity contribution is 0.497. The molecular formula is C5H7FN2. The number of halogens is 1. The first kappa shape index (κ1) is 5.28. The molecule has 0 unspecified atom stereocenters. The van der Waals surface area contributed by atoms with E-state index in [2.05, 4.69) is 4.98 Å². The average Bonchev–Trinajstić information content (AvgIpc) is 1.98. The molecule has 1 heterocycles. The lowest BCUT2D eigenvalue weighted by atomic mass is 10.5. The summed E-state index contributed by atoms with van der Waals surface area (Å²) in [4.78, 5) is 3.41. The first-order valence-corrected chi connectivity index (χ1v) is 2.35. The summed E-state index contributed by atoms with van der Waals surface area (Å²) >= 11 is 0. The minimum atomic E-state index is -0.428. The molecule has 1 aromatic rings. The molecule has 0 radical (unpaired) electrons. The van der Waals surface area contributed by atoms with Crippen molar-refractivity contribution in [3.63, 3.8) is 0 Å². The second-order valence-electron chi connectivity index (χ2n) is 1.73. The van der Waals surface area contributed by atoms with E-state index in [0.717, 1.165) is 5.69 Å². The molecule has 8 heavy (non-hydrogen) atoms. The zero-order chi connectivity index (χ0) is 6.15. The summed E-state index contributed by atoms with van der Waals surface area (Å²) in [7, 11) is 1.64. The highest BCUT2D eigenvalue weighted by molar-refractivity contribution is 4.93. The topological polar surface area (TPSA) is 17.8 Å². The maximum atomic E-state index is 12.2. The van der Waals surface area contributed by atoms with Crippen LogP contribution in [-0.2, 0) is 7.05 Å². The molecule has 0 N–H and O–H groups in total. The lowest BCUT2D eigenvalue weighted by Crippen LogP contribution is -1.93. The molecule has 0 atom stereocenters. The Bertz CT molecular complexity index is 173. The van der Waals surface area contributed by atoms with Gasteiger partial charge in [-0.1, -0.05) is 0 Å². The van der Waals surface area contributed by atoms with Crippen molar-refractivity contribution in [1.82, 2.24) is 9.55 Å². The van der Waals surface area contributed by atoms with Crippen LogP contribution in [0.4, 0.5) is 4.39 Å². The number of aryl methyl sites for hydroxylation is 1. The largest absolute Gasteiger partial charge is 0.308 e. The van der Waals surface area contributed by atoms with Crippen molar-refractivity contribution in [3.05, 3.63) is 18.0 Å². The molecular weight excluding hydrogens is 107 g/mol. The van der Waals surface area contributed by atoms with E-state index in [1.165, 1.54) is 10.8 Å². The number of hydrogen-bond donors (Lipinski definition) is 0. The van der Waals surface area contributed by atoms with E-state index < -0.39 is 6.08 Å². The molecule has 0 aliphatic rings. The molecule has 44 valence electrons. The fraction of sp³-hybridized carbons (Fsp3) is 0.400. The smallest absolute Gasteiger partial charge is 0.289 e. The fourth-order valence-corrected chi connectivity index (χ4v) is 0.465. The monoisotopic (exact) mass is 114 g/mol. The van der Waals surface area contributed by atoms with Gasteiger partial charge in [0.15, 0.2) is 0 Å². The normalized spacial score (nSPS) is 9.88. The molecule has 0 aliphatic heterocycles. The Kier molecular flexibility index (Phi) is 1.04. The van der Waals surface area contributed by atoms with Gasteiger partial charge in [0.05, 0.1) is 6.20 Å².